The van der Waals surface area contributed by atoms with Crippen molar-refractivity contribution >= 4 is 29.1 Å². The van der Waals surface area contributed by atoms with Gasteiger partial charge in [-0.1, -0.05) is 17.7 Å². The molecule has 94 valence electrons. The Kier molecular flexibility index (Phi) is 3.39. The van der Waals surface area contributed by atoms with Gasteiger partial charge in [-0.25, -0.2) is 4.98 Å². The van der Waals surface area contributed by atoms with Gasteiger partial charge in [0.15, 0.2) is 0 Å². The Hall–Kier alpha value is -1.81. The smallest absolute Gasteiger partial charge is 0.222 e. The molecule has 2 rings (SSSR count). The van der Waals surface area contributed by atoms with Crippen LogP contribution >= 0.6 is 11.6 Å². The van der Waals surface area contributed by atoms with Crippen LogP contribution in [0.15, 0.2) is 18.2 Å². The van der Waals surface area contributed by atoms with Crippen molar-refractivity contribution < 1.29 is 0 Å². The topological polar surface area (TPSA) is 63.8 Å². The van der Waals surface area contributed by atoms with Crippen LogP contribution < -0.4 is 11.1 Å². The van der Waals surface area contributed by atoms with Gasteiger partial charge in [-0.3, -0.25) is 0 Å². The van der Waals surface area contributed by atoms with E-state index in [1.54, 1.807) is 0 Å². The number of nitrogens with zero attached hydrogens (tertiary/aromatic N) is 2. The molecule has 0 saturated carbocycles. The van der Waals surface area contributed by atoms with Crippen LogP contribution in [-0.2, 0) is 0 Å². The second kappa shape index (κ2) is 4.82. The molecule has 0 aliphatic carbocycles. The molecule has 2 aromatic rings. The molecule has 4 nitrogen and oxygen atoms in total. The summed E-state index contributed by atoms with van der Waals surface area (Å²) >= 11 is 6.23. The van der Waals surface area contributed by atoms with E-state index >= 15 is 0 Å². The summed E-state index contributed by atoms with van der Waals surface area (Å²) in [6.45, 7) is 5.88. The molecule has 3 N–H and O–H groups in total. The van der Waals surface area contributed by atoms with Crippen molar-refractivity contribution in [3.8, 4) is 0 Å². The zero-order valence-corrected chi connectivity index (χ0v) is 11.3. The molecule has 18 heavy (non-hydrogen) atoms. The Labute approximate surface area is 111 Å². The lowest BCUT2D eigenvalue weighted by Gasteiger charge is -2.12. The summed E-state index contributed by atoms with van der Waals surface area (Å²) in [7, 11) is 0. The average Bonchev–Trinajstić information content (AvgIpc) is 2.22. The fourth-order valence-electron chi connectivity index (χ4n) is 1.86. The van der Waals surface area contributed by atoms with Crippen LogP contribution in [0.2, 0.25) is 5.02 Å². The molecular weight excluding hydrogens is 248 g/mol. The van der Waals surface area contributed by atoms with Crippen LogP contribution in [0.4, 0.5) is 17.5 Å². The quantitative estimate of drug-likeness (QED) is 0.871. The predicted octanol–water partition coefficient (Wildman–Crippen LogP) is 3.38. The maximum atomic E-state index is 6.23. The molecule has 0 spiro atoms. The zero-order valence-electron chi connectivity index (χ0n) is 10.6. The fraction of sp³-hybridized carbons (Fsp3) is 0.231. The van der Waals surface area contributed by atoms with Crippen LogP contribution in [0.3, 0.4) is 0 Å². The monoisotopic (exact) mass is 262 g/mol. The van der Waals surface area contributed by atoms with E-state index in [4.69, 9.17) is 17.3 Å². The molecule has 0 bridgehead atoms. The minimum absolute atomic E-state index is 0.249. The molecular formula is C13H15ClN4. The summed E-state index contributed by atoms with van der Waals surface area (Å²) in [5.41, 5.74) is 9.47. The number of nitrogens with one attached hydrogen (secondary N) is 1. The Bertz CT molecular complexity index is 552. The number of hydrogen-bond acceptors (Lipinski definition) is 4. The van der Waals surface area contributed by atoms with E-state index in [2.05, 4.69) is 21.4 Å². The van der Waals surface area contributed by atoms with Gasteiger partial charge < -0.3 is 11.1 Å². The first-order valence-electron chi connectivity index (χ1n) is 5.60. The first kappa shape index (κ1) is 12.6. The van der Waals surface area contributed by atoms with Crippen molar-refractivity contribution in [2.75, 3.05) is 11.1 Å². The molecule has 0 fully saturated rings. The molecule has 0 aliphatic rings. The maximum absolute atomic E-state index is 6.23. The molecule has 0 radical (unpaired) electrons. The van der Waals surface area contributed by atoms with Gasteiger partial charge in [-0.05, 0) is 38.0 Å². The van der Waals surface area contributed by atoms with E-state index in [0.29, 0.717) is 10.8 Å². The summed E-state index contributed by atoms with van der Waals surface area (Å²) in [4.78, 5) is 8.16. The minimum Gasteiger partial charge on any atom is -0.368 e. The van der Waals surface area contributed by atoms with Crippen LogP contribution in [0.5, 0.6) is 0 Å². The first-order chi connectivity index (χ1) is 8.45. The number of halogens is 1. The van der Waals surface area contributed by atoms with E-state index < -0.39 is 0 Å². The minimum atomic E-state index is 0.249. The molecule has 0 amide bonds. The van der Waals surface area contributed by atoms with Gasteiger partial charge in [0.2, 0.25) is 5.95 Å². The Morgan fingerprint density at radius 2 is 1.83 bits per heavy atom. The molecule has 1 heterocycles. The van der Waals surface area contributed by atoms with Crippen molar-refractivity contribution in [2.45, 2.75) is 20.8 Å². The van der Waals surface area contributed by atoms with E-state index in [0.717, 1.165) is 22.5 Å². The van der Waals surface area contributed by atoms with Crippen molar-refractivity contribution in [3.63, 3.8) is 0 Å². The van der Waals surface area contributed by atoms with E-state index in [9.17, 15) is 0 Å². The number of nitrogens with two attached hydrogens (primary N) is 1. The largest absolute Gasteiger partial charge is 0.368 e. The number of benzene rings is 1. The summed E-state index contributed by atoms with van der Waals surface area (Å²) in [5.74, 6) is 0.896. The molecule has 0 saturated heterocycles. The number of aromatic nitrogens is 2. The van der Waals surface area contributed by atoms with Gasteiger partial charge in [0.25, 0.3) is 0 Å². The van der Waals surface area contributed by atoms with E-state index in [1.165, 1.54) is 0 Å². The molecule has 0 unspecified atom stereocenters. The normalized spacial score (nSPS) is 10.4. The first-order valence-corrected chi connectivity index (χ1v) is 5.98. The standard InChI is InChI=1S/C13H15ClN4/c1-7-4-8(2)12(10(14)5-7)17-11-6-9(3)16-13(15)18-11/h4-6H,1-3H3,(H3,15,16,17,18). The summed E-state index contributed by atoms with van der Waals surface area (Å²) < 4.78 is 0. The second-order valence-corrected chi connectivity index (χ2v) is 4.72. The Morgan fingerprint density at radius 3 is 2.44 bits per heavy atom. The second-order valence-electron chi connectivity index (χ2n) is 4.32. The lowest BCUT2D eigenvalue weighted by molar-refractivity contribution is 1.12. The highest BCUT2D eigenvalue weighted by Crippen LogP contribution is 2.29. The summed E-state index contributed by atoms with van der Waals surface area (Å²) in [6, 6.07) is 5.80. The maximum Gasteiger partial charge on any atom is 0.222 e. The average molecular weight is 263 g/mol. The Balaban J connectivity index is 2.40. The van der Waals surface area contributed by atoms with Crippen LogP contribution in [0.1, 0.15) is 16.8 Å². The van der Waals surface area contributed by atoms with E-state index in [-0.39, 0.29) is 5.95 Å². The third-order valence-electron chi connectivity index (χ3n) is 2.56. The highest BCUT2D eigenvalue weighted by Gasteiger charge is 2.07. The molecule has 0 atom stereocenters. The SMILES string of the molecule is Cc1cc(C)c(Nc2cc(C)nc(N)n2)c(Cl)c1. The van der Waals surface area contributed by atoms with Gasteiger partial charge in [-0.2, -0.15) is 4.98 Å². The zero-order chi connectivity index (χ0) is 13.3. The predicted molar refractivity (Wildman–Crippen MR) is 75.4 cm³/mol. The number of nitrogen functional groups attached to an aromatic ring is 1. The lowest BCUT2D eigenvalue weighted by Crippen LogP contribution is -2.02. The molecule has 5 heteroatoms. The summed E-state index contributed by atoms with van der Waals surface area (Å²) in [5, 5.41) is 3.86. The van der Waals surface area contributed by atoms with Crippen molar-refractivity contribution in [1.82, 2.24) is 9.97 Å². The highest BCUT2D eigenvalue weighted by atomic mass is 35.5. The molecule has 1 aromatic carbocycles. The Morgan fingerprint density at radius 1 is 1.11 bits per heavy atom. The highest BCUT2D eigenvalue weighted by molar-refractivity contribution is 6.33. The van der Waals surface area contributed by atoms with Crippen LogP contribution in [0, 0.1) is 20.8 Å². The van der Waals surface area contributed by atoms with Crippen molar-refractivity contribution in [3.05, 3.63) is 40.0 Å². The van der Waals surface area contributed by atoms with Gasteiger partial charge in [0.1, 0.15) is 5.82 Å². The van der Waals surface area contributed by atoms with Gasteiger partial charge in [-0.15, -0.1) is 0 Å². The van der Waals surface area contributed by atoms with Gasteiger partial charge >= 0.3 is 0 Å². The van der Waals surface area contributed by atoms with Gasteiger partial charge in [0, 0.05) is 11.8 Å². The third-order valence-corrected chi connectivity index (χ3v) is 2.85. The van der Waals surface area contributed by atoms with E-state index in [1.807, 2.05) is 32.9 Å². The number of rotatable bonds is 2. The third kappa shape index (κ3) is 2.71. The van der Waals surface area contributed by atoms with Gasteiger partial charge in [0.05, 0.1) is 10.7 Å². The number of anilines is 3. The molecule has 0 aliphatic heterocycles. The number of hydrogen-bond donors (Lipinski definition) is 2. The van der Waals surface area contributed by atoms with Crippen molar-refractivity contribution in [2.24, 2.45) is 0 Å². The fourth-order valence-corrected chi connectivity index (χ4v) is 2.23. The summed E-state index contributed by atoms with van der Waals surface area (Å²) in [6.07, 6.45) is 0. The number of aryl methyl sites for hydroxylation is 3. The lowest BCUT2D eigenvalue weighted by atomic mass is 10.1. The molecule has 1 aromatic heterocycles. The van der Waals surface area contributed by atoms with Crippen LogP contribution in [0.25, 0.3) is 0 Å². The van der Waals surface area contributed by atoms with Crippen molar-refractivity contribution in [1.29, 1.82) is 0 Å². The van der Waals surface area contributed by atoms with Crippen LogP contribution in [-0.4, -0.2) is 9.97 Å².